The molecular weight excluding hydrogens is 424 g/mol. The number of carbonyl (C=O) groups is 1. The van der Waals surface area contributed by atoms with Gasteiger partial charge in [0.1, 0.15) is 11.5 Å². The van der Waals surface area contributed by atoms with Crippen molar-refractivity contribution in [2.24, 2.45) is 0 Å². The number of ketones is 1. The molecule has 0 saturated carbocycles. The summed E-state index contributed by atoms with van der Waals surface area (Å²) in [6.45, 7) is 0. The van der Waals surface area contributed by atoms with Gasteiger partial charge in [-0.2, -0.15) is 0 Å². The molecule has 0 atom stereocenters. The van der Waals surface area contributed by atoms with Crippen molar-refractivity contribution >= 4 is 45.7 Å². The Morgan fingerprint density at radius 3 is 2.53 bits per heavy atom. The van der Waals surface area contributed by atoms with Crippen LogP contribution < -0.4 is 14.8 Å². The molecule has 5 nitrogen and oxygen atoms in total. The van der Waals surface area contributed by atoms with Crippen molar-refractivity contribution in [2.45, 2.75) is 0 Å². The van der Waals surface area contributed by atoms with Crippen molar-refractivity contribution < 1.29 is 14.3 Å². The second kappa shape index (κ2) is 9.54. The Kier molecular flexibility index (Phi) is 6.38. The second-order valence-corrected chi connectivity index (χ2v) is 7.46. The van der Waals surface area contributed by atoms with Crippen molar-refractivity contribution in [3.05, 3.63) is 95.2 Å². The number of nitrogens with zero attached hydrogens (tertiary/aromatic N) is 1. The minimum absolute atomic E-state index is 0.106. The molecule has 32 heavy (non-hydrogen) atoms. The van der Waals surface area contributed by atoms with Crippen LogP contribution in [0.1, 0.15) is 15.9 Å². The van der Waals surface area contributed by atoms with Gasteiger partial charge in [-0.1, -0.05) is 11.6 Å². The fraction of sp³-hybridized carbons (Fsp3) is 0.0769. The number of methoxy groups -OCH3 is 2. The van der Waals surface area contributed by atoms with Gasteiger partial charge in [0.15, 0.2) is 5.78 Å². The predicted octanol–water partition coefficient (Wildman–Crippen LogP) is 6.55. The van der Waals surface area contributed by atoms with Crippen LogP contribution in [-0.2, 0) is 0 Å². The zero-order chi connectivity index (χ0) is 22.5. The molecule has 0 aliphatic rings. The van der Waals surface area contributed by atoms with Crippen LogP contribution >= 0.6 is 11.6 Å². The number of ether oxygens (including phenoxy) is 2. The van der Waals surface area contributed by atoms with Crippen LogP contribution in [0.5, 0.6) is 11.5 Å². The zero-order valence-electron chi connectivity index (χ0n) is 17.6. The third kappa shape index (κ3) is 4.74. The summed E-state index contributed by atoms with van der Waals surface area (Å²) < 4.78 is 10.6. The van der Waals surface area contributed by atoms with E-state index >= 15 is 0 Å². The van der Waals surface area contributed by atoms with Gasteiger partial charge in [0, 0.05) is 39.1 Å². The molecule has 0 spiro atoms. The lowest BCUT2D eigenvalue weighted by atomic mass is 10.1. The van der Waals surface area contributed by atoms with Gasteiger partial charge >= 0.3 is 0 Å². The van der Waals surface area contributed by atoms with E-state index in [9.17, 15) is 4.79 Å². The lowest BCUT2D eigenvalue weighted by Crippen LogP contribution is -1.97. The highest BCUT2D eigenvalue weighted by atomic mass is 35.5. The molecule has 6 heteroatoms. The third-order valence-electron chi connectivity index (χ3n) is 5.00. The Morgan fingerprint density at radius 1 is 0.969 bits per heavy atom. The summed E-state index contributed by atoms with van der Waals surface area (Å²) >= 11 is 6.06. The lowest BCUT2D eigenvalue weighted by molar-refractivity contribution is 0.104. The minimum Gasteiger partial charge on any atom is -0.497 e. The van der Waals surface area contributed by atoms with E-state index in [1.54, 1.807) is 44.7 Å². The van der Waals surface area contributed by atoms with Crippen LogP contribution in [0.3, 0.4) is 0 Å². The average Bonchev–Trinajstić information content (AvgIpc) is 2.82. The highest BCUT2D eigenvalue weighted by Crippen LogP contribution is 2.28. The van der Waals surface area contributed by atoms with Gasteiger partial charge in [-0.3, -0.25) is 9.78 Å². The summed E-state index contributed by atoms with van der Waals surface area (Å²) in [5, 5.41) is 4.98. The van der Waals surface area contributed by atoms with E-state index in [1.165, 1.54) is 6.08 Å². The predicted molar refractivity (Wildman–Crippen MR) is 129 cm³/mol. The van der Waals surface area contributed by atoms with Crippen molar-refractivity contribution in [2.75, 3.05) is 19.5 Å². The zero-order valence-corrected chi connectivity index (χ0v) is 18.4. The largest absolute Gasteiger partial charge is 0.497 e. The Labute approximate surface area is 191 Å². The molecule has 0 saturated heterocycles. The standard InChI is InChI=1S/C26H21ClN2O3/c1-31-21-9-12-26(32-2)18(15-21)5-11-25(30)17-3-7-20(8-4-17)29-23-13-14-28-24-16-19(27)6-10-22(23)24/h3-16H,1-2H3,(H,28,29)/b11-5+. The first-order valence-electron chi connectivity index (χ1n) is 9.93. The molecule has 0 radical (unpaired) electrons. The maximum absolute atomic E-state index is 12.6. The van der Waals surface area contributed by atoms with Gasteiger partial charge in [-0.15, -0.1) is 0 Å². The monoisotopic (exact) mass is 444 g/mol. The van der Waals surface area contributed by atoms with Crippen molar-refractivity contribution in [1.29, 1.82) is 0 Å². The Balaban J connectivity index is 1.51. The minimum atomic E-state index is -0.106. The molecule has 1 N–H and O–H groups in total. The Hall–Kier alpha value is -3.83. The van der Waals surface area contributed by atoms with E-state index in [4.69, 9.17) is 21.1 Å². The van der Waals surface area contributed by atoms with Crippen LogP contribution in [0.2, 0.25) is 5.02 Å². The van der Waals surface area contributed by atoms with Gasteiger partial charge in [0.05, 0.1) is 19.7 Å². The molecule has 0 unspecified atom stereocenters. The number of carbonyl (C=O) groups excluding carboxylic acids is 1. The van der Waals surface area contributed by atoms with E-state index in [0.717, 1.165) is 27.8 Å². The number of allylic oxidation sites excluding steroid dienone is 1. The fourth-order valence-electron chi connectivity index (χ4n) is 3.33. The topological polar surface area (TPSA) is 60.5 Å². The molecule has 0 aliphatic heterocycles. The number of benzene rings is 3. The Morgan fingerprint density at radius 2 is 1.78 bits per heavy atom. The molecule has 1 heterocycles. The lowest BCUT2D eigenvalue weighted by Gasteiger charge is -2.10. The number of pyridine rings is 1. The van der Waals surface area contributed by atoms with Crippen LogP contribution in [0.4, 0.5) is 11.4 Å². The number of anilines is 2. The SMILES string of the molecule is COc1ccc(OC)c(/C=C/C(=O)c2ccc(Nc3ccnc4cc(Cl)ccc34)cc2)c1. The van der Waals surface area contributed by atoms with Crippen LogP contribution in [0.25, 0.3) is 17.0 Å². The fourth-order valence-corrected chi connectivity index (χ4v) is 3.50. The summed E-state index contributed by atoms with van der Waals surface area (Å²) in [6, 6.07) is 20.3. The van der Waals surface area contributed by atoms with Crippen LogP contribution in [0, 0.1) is 0 Å². The number of hydrogen-bond acceptors (Lipinski definition) is 5. The number of rotatable bonds is 7. The average molecular weight is 445 g/mol. The molecule has 0 bridgehead atoms. The van der Waals surface area contributed by atoms with Gasteiger partial charge < -0.3 is 14.8 Å². The van der Waals surface area contributed by atoms with E-state index < -0.39 is 0 Å². The van der Waals surface area contributed by atoms with E-state index in [1.807, 2.05) is 48.5 Å². The summed E-state index contributed by atoms with van der Waals surface area (Å²) in [4.78, 5) is 17.0. The summed E-state index contributed by atoms with van der Waals surface area (Å²) in [6.07, 6.45) is 4.99. The molecule has 1 aromatic heterocycles. The van der Waals surface area contributed by atoms with E-state index in [0.29, 0.717) is 22.1 Å². The van der Waals surface area contributed by atoms with Gasteiger partial charge in [-0.05, 0) is 78.9 Å². The first-order valence-corrected chi connectivity index (χ1v) is 10.3. The number of halogens is 1. The smallest absolute Gasteiger partial charge is 0.185 e. The molecule has 0 amide bonds. The molecule has 4 aromatic rings. The van der Waals surface area contributed by atoms with Crippen molar-refractivity contribution in [3.8, 4) is 11.5 Å². The van der Waals surface area contributed by atoms with E-state index in [-0.39, 0.29) is 5.78 Å². The number of fused-ring (bicyclic) bond motifs is 1. The van der Waals surface area contributed by atoms with Gasteiger partial charge in [0.2, 0.25) is 0 Å². The number of nitrogens with one attached hydrogen (secondary N) is 1. The Bertz CT molecular complexity index is 1300. The quantitative estimate of drug-likeness (QED) is 0.259. The highest BCUT2D eigenvalue weighted by Gasteiger charge is 2.07. The van der Waals surface area contributed by atoms with Gasteiger partial charge in [0.25, 0.3) is 0 Å². The van der Waals surface area contributed by atoms with Crippen LogP contribution in [-0.4, -0.2) is 25.0 Å². The molecule has 160 valence electrons. The van der Waals surface area contributed by atoms with Gasteiger partial charge in [-0.25, -0.2) is 0 Å². The van der Waals surface area contributed by atoms with Crippen LogP contribution in [0.15, 0.2) is 79.0 Å². The maximum Gasteiger partial charge on any atom is 0.185 e. The first kappa shape index (κ1) is 21.4. The van der Waals surface area contributed by atoms with Crippen molar-refractivity contribution in [1.82, 2.24) is 4.98 Å². The molecule has 3 aromatic carbocycles. The second-order valence-electron chi connectivity index (χ2n) is 7.03. The normalized spacial score (nSPS) is 11.0. The summed E-state index contributed by atoms with van der Waals surface area (Å²) in [5.74, 6) is 1.25. The number of hydrogen-bond donors (Lipinski definition) is 1. The first-order chi connectivity index (χ1) is 15.6. The maximum atomic E-state index is 12.6. The molecular formula is C26H21ClN2O3. The summed E-state index contributed by atoms with van der Waals surface area (Å²) in [7, 11) is 3.19. The molecule has 0 fully saturated rings. The number of aromatic nitrogens is 1. The van der Waals surface area contributed by atoms with E-state index in [2.05, 4.69) is 10.3 Å². The summed E-state index contributed by atoms with van der Waals surface area (Å²) in [5.41, 5.74) is 3.94. The highest BCUT2D eigenvalue weighted by molar-refractivity contribution is 6.31. The molecule has 4 rings (SSSR count). The van der Waals surface area contributed by atoms with Crippen molar-refractivity contribution in [3.63, 3.8) is 0 Å². The molecule has 0 aliphatic carbocycles. The third-order valence-corrected chi connectivity index (χ3v) is 5.24.